The third-order valence-corrected chi connectivity index (χ3v) is 3.59. The summed E-state index contributed by atoms with van der Waals surface area (Å²) in [5.41, 5.74) is 1.93. The van der Waals surface area contributed by atoms with Gasteiger partial charge in [0, 0.05) is 13.0 Å². The Morgan fingerprint density at radius 3 is 2.94 bits per heavy atom. The van der Waals surface area contributed by atoms with E-state index in [-0.39, 0.29) is 18.4 Å². The molecule has 2 N–H and O–H groups in total. The maximum Gasteiger partial charge on any atom is 0.257 e. The molecule has 5 nitrogen and oxygen atoms in total. The van der Waals surface area contributed by atoms with Crippen LogP contribution < -0.4 is 5.32 Å². The molecular weight excluding hydrogens is 232 g/mol. The second kappa shape index (κ2) is 3.81. The Kier molecular flexibility index (Phi) is 2.38. The number of hydrogen-bond acceptors (Lipinski definition) is 3. The number of aliphatic hydroxyl groups is 1. The molecule has 0 aromatic heterocycles. The van der Waals surface area contributed by atoms with E-state index in [4.69, 9.17) is 0 Å². The molecule has 2 aliphatic heterocycles. The molecule has 0 spiro atoms. The molecule has 3 rings (SSSR count). The molecule has 94 valence electrons. The molecule has 2 aliphatic rings. The molecule has 2 heterocycles. The van der Waals surface area contributed by atoms with Crippen molar-refractivity contribution in [1.29, 1.82) is 0 Å². The molecule has 2 atom stereocenters. The van der Waals surface area contributed by atoms with Crippen LogP contribution in [0, 0.1) is 6.92 Å². The molecule has 5 heteroatoms. The minimum atomic E-state index is -0.615. The van der Waals surface area contributed by atoms with Gasteiger partial charge in [-0.3, -0.25) is 9.59 Å². The van der Waals surface area contributed by atoms with Gasteiger partial charge in [0.15, 0.2) is 0 Å². The number of nitrogens with zero attached hydrogens (tertiary/aromatic N) is 1. The van der Waals surface area contributed by atoms with Crippen molar-refractivity contribution in [2.24, 2.45) is 0 Å². The lowest BCUT2D eigenvalue weighted by molar-refractivity contribution is -0.119. The third kappa shape index (κ3) is 1.51. The molecule has 0 bridgehead atoms. The summed E-state index contributed by atoms with van der Waals surface area (Å²) in [6, 6.07) is 4.83. The highest BCUT2D eigenvalue weighted by Crippen LogP contribution is 2.30. The van der Waals surface area contributed by atoms with Crippen LogP contribution in [0.15, 0.2) is 18.2 Å². The van der Waals surface area contributed by atoms with Crippen molar-refractivity contribution in [2.75, 3.05) is 11.9 Å². The van der Waals surface area contributed by atoms with Gasteiger partial charge in [0.05, 0.1) is 17.4 Å². The van der Waals surface area contributed by atoms with E-state index >= 15 is 0 Å². The molecule has 1 fully saturated rings. The van der Waals surface area contributed by atoms with Gasteiger partial charge in [-0.15, -0.1) is 0 Å². The summed E-state index contributed by atoms with van der Waals surface area (Å²) in [5, 5.41) is 12.4. The summed E-state index contributed by atoms with van der Waals surface area (Å²) < 4.78 is 0. The molecule has 2 amide bonds. The Morgan fingerprint density at radius 2 is 2.17 bits per heavy atom. The summed E-state index contributed by atoms with van der Waals surface area (Å²) in [6.07, 6.45) is -0.305. The maximum atomic E-state index is 12.5. The summed E-state index contributed by atoms with van der Waals surface area (Å²) >= 11 is 0. The predicted octanol–water partition coefficient (Wildman–Crippen LogP) is 0.523. The van der Waals surface area contributed by atoms with E-state index in [0.29, 0.717) is 17.7 Å². The van der Waals surface area contributed by atoms with Crippen molar-refractivity contribution in [3.05, 3.63) is 29.3 Å². The van der Waals surface area contributed by atoms with Crippen LogP contribution in [0.1, 0.15) is 22.3 Å². The second-order valence-electron chi connectivity index (χ2n) is 4.85. The number of amides is 2. The lowest BCUT2D eigenvalue weighted by atomic mass is 10.1. The minimum Gasteiger partial charge on any atom is -0.391 e. The van der Waals surface area contributed by atoms with E-state index in [2.05, 4.69) is 5.32 Å². The van der Waals surface area contributed by atoms with E-state index in [9.17, 15) is 14.7 Å². The molecule has 0 saturated carbocycles. The van der Waals surface area contributed by atoms with Crippen molar-refractivity contribution in [2.45, 2.75) is 25.5 Å². The van der Waals surface area contributed by atoms with Gasteiger partial charge in [-0.25, -0.2) is 0 Å². The molecule has 1 aromatic carbocycles. The molecule has 18 heavy (non-hydrogen) atoms. The Morgan fingerprint density at radius 1 is 1.39 bits per heavy atom. The average Bonchev–Trinajstić information content (AvgIpc) is 2.67. The highest BCUT2D eigenvalue weighted by atomic mass is 16.3. The van der Waals surface area contributed by atoms with E-state index < -0.39 is 12.1 Å². The van der Waals surface area contributed by atoms with E-state index in [1.165, 1.54) is 4.90 Å². The summed E-state index contributed by atoms with van der Waals surface area (Å²) in [7, 11) is 0. The number of rotatable bonds is 0. The number of aliphatic hydroxyl groups excluding tert-OH is 1. The van der Waals surface area contributed by atoms with Gasteiger partial charge in [0.2, 0.25) is 5.91 Å². The van der Waals surface area contributed by atoms with E-state index in [1.54, 1.807) is 6.07 Å². The maximum absolute atomic E-state index is 12.5. The zero-order valence-electron chi connectivity index (χ0n) is 10.0. The largest absolute Gasteiger partial charge is 0.391 e. The highest BCUT2D eigenvalue weighted by Gasteiger charge is 2.42. The Labute approximate surface area is 104 Å². The third-order valence-electron chi connectivity index (χ3n) is 3.59. The van der Waals surface area contributed by atoms with Crippen molar-refractivity contribution >= 4 is 17.5 Å². The van der Waals surface area contributed by atoms with Crippen molar-refractivity contribution in [3.63, 3.8) is 0 Å². The zero-order valence-corrected chi connectivity index (χ0v) is 10.0. The van der Waals surface area contributed by atoms with Crippen molar-refractivity contribution in [3.8, 4) is 0 Å². The van der Waals surface area contributed by atoms with Gasteiger partial charge in [0.1, 0.15) is 6.04 Å². The molecule has 1 aromatic rings. The normalized spacial score (nSPS) is 26.4. The first kappa shape index (κ1) is 11.2. The van der Waals surface area contributed by atoms with Crippen LogP contribution in [0.3, 0.4) is 0 Å². The minimum absolute atomic E-state index is 0.178. The Bertz CT molecular complexity index is 541. The van der Waals surface area contributed by atoms with Gasteiger partial charge < -0.3 is 15.3 Å². The monoisotopic (exact) mass is 246 g/mol. The van der Waals surface area contributed by atoms with E-state index in [0.717, 1.165) is 5.56 Å². The first-order valence-electron chi connectivity index (χ1n) is 5.97. The Hall–Kier alpha value is -1.88. The van der Waals surface area contributed by atoms with Gasteiger partial charge in [-0.05, 0) is 18.6 Å². The zero-order chi connectivity index (χ0) is 12.9. The Balaban J connectivity index is 2.13. The van der Waals surface area contributed by atoms with Crippen molar-refractivity contribution < 1.29 is 14.7 Å². The highest BCUT2D eigenvalue weighted by molar-refractivity contribution is 6.10. The molecule has 0 aliphatic carbocycles. The lowest BCUT2D eigenvalue weighted by Crippen LogP contribution is -2.40. The molecule has 1 saturated heterocycles. The smallest absolute Gasteiger partial charge is 0.257 e. The van der Waals surface area contributed by atoms with Crippen LogP contribution in [-0.2, 0) is 4.79 Å². The van der Waals surface area contributed by atoms with Crippen LogP contribution in [-0.4, -0.2) is 40.5 Å². The topological polar surface area (TPSA) is 69.6 Å². The summed E-state index contributed by atoms with van der Waals surface area (Å²) in [4.78, 5) is 26.0. The molecular formula is C13H14N2O3. The number of carbonyl (C=O) groups is 2. The predicted molar refractivity (Wildman–Crippen MR) is 65.3 cm³/mol. The van der Waals surface area contributed by atoms with Crippen LogP contribution in [0.25, 0.3) is 0 Å². The number of carbonyl (C=O) groups excluding carboxylic acids is 2. The SMILES string of the molecule is Cc1cccc2c1C(=O)N1C[C@H](O)C[C@@H]1C(=O)N2. The van der Waals surface area contributed by atoms with Crippen LogP contribution in [0.4, 0.5) is 5.69 Å². The standard InChI is InChI=1S/C13H14N2O3/c1-7-3-2-4-9-11(7)13(18)15-6-8(16)5-10(15)12(17)14-9/h2-4,8,10,16H,5-6H2,1H3,(H,14,17)/t8-,10-/m1/s1. The van der Waals surface area contributed by atoms with E-state index in [1.807, 2.05) is 19.1 Å². The van der Waals surface area contributed by atoms with Gasteiger partial charge >= 0.3 is 0 Å². The van der Waals surface area contributed by atoms with Crippen LogP contribution in [0.5, 0.6) is 0 Å². The lowest BCUT2D eigenvalue weighted by Gasteiger charge is -2.20. The summed E-state index contributed by atoms with van der Waals surface area (Å²) in [6.45, 7) is 2.07. The summed E-state index contributed by atoms with van der Waals surface area (Å²) in [5.74, 6) is -0.396. The first-order chi connectivity index (χ1) is 8.58. The fourth-order valence-electron chi connectivity index (χ4n) is 2.70. The van der Waals surface area contributed by atoms with Gasteiger partial charge in [-0.1, -0.05) is 12.1 Å². The quantitative estimate of drug-likeness (QED) is 0.701. The number of fused-ring (bicyclic) bond motifs is 2. The fraction of sp³-hybridized carbons (Fsp3) is 0.385. The second-order valence-corrected chi connectivity index (χ2v) is 4.85. The van der Waals surface area contributed by atoms with Crippen LogP contribution in [0.2, 0.25) is 0 Å². The van der Waals surface area contributed by atoms with Crippen molar-refractivity contribution in [1.82, 2.24) is 4.90 Å². The number of benzene rings is 1. The van der Waals surface area contributed by atoms with Crippen LogP contribution >= 0.6 is 0 Å². The number of anilines is 1. The fourth-order valence-corrected chi connectivity index (χ4v) is 2.70. The number of hydrogen-bond donors (Lipinski definition) is 2. The number of aryl methyl sites for hydroxylation is 1. The molecule has 0 radical (unpaired) electrons. The van der Waals surface area contributed by atoms with Gasteiger partial charge in [-0.2, -0.15) is 0 Å². The van der Waals surface area contributed by atoms with Gasteiger partial charge in [0.25, 0.3) is 5.91 Å². The average molecular weight is 246 g/mol. The number of nitrogens with one attached hydrogen (secondary N) is 1. The first-order valence-corrected chi connectivity index (χ1v) is 5.97. The molecule has 0 unspecified atom stereocenters.